The lowest BCUT2D eigenvalue weighted by Gasteiger charge is -2.19. The van der Waals surface area contributed by atoms with Crippen molar-refractivity contribution in [1.82, 2.24) is 0 Å². The van der Waals surface area contributed by atoms with Gasteiger partial charge in [-0.15, -0.1) is 0 Å². The molecule has 1 nitrogen and oxygen atoms in total. The maximum atomic E-state index is 5.44. The van der Waals surface area contributed by atoms with Crippen LogP contribution in [0.25, 0.3) is 0 Å². The largest absolute Gasteiger partial charge is 0.374 e. The van der Waals surface area contributed by atoms with Gasteiger partial charge in [0.25, 0.3) is 0 Å². The minimum Gasteiger partial charge on any atom is -0.374 e. The van der Waals surface area contributed by atoms with Gasteiger partial charge in [0.05, 0.1) is 6.10 Å². The average Bonchev–Trinajstić information content (AvgIpc) is 1.95. The lowest BCUT2D eigenvalue weighted by Crippen LogP contribution is -2.14. The van der Waals surface area contributed by atoms with Gasteiger partial charge in [-0.2, -0.15) is 0 Å². The predicted octanol–water partition coefficient (Wildman–Crippen LogP) is 2.38. The molecular weight excluding hydrogens is 124 g/mol. The molecule has 0 aliphatic heterocycles. The Kier molecular flexibility index (Phi) is 2.94. The van der Waals surface area contributed by atoms with E-state index in [0.29, 0.717) is 6.10 Å². The molecule has 0 radical (unpaired) electrons. The summed E-state index contributed by atoms with van der Waals surface area (Å²) in [6, 6.07) is 0. The van der Waals surface area contributed by atoms with E-state index in [2.05, 4.69) is 19.1 Å². The van der Waals surface area contributed by atoms with Gasteiger partial charge in [-0.25, -0.2) is 0 Å². The summed E-state index contributed by atoms with van der Waals surface area (Å²) in [4.78, 5) is 0. The van der Waals surface area contributed by atoms with Gasteiger partial charge in [0.1, 0.15) is 0 Å². The van der Waals surface area contributed by atoms with Crippen molar-refractivity contribution in [3.63, 3.8) is 0 Å². The zero-order valence-corrected chi connectivity index (χ0v) is 6.84. The highest BCUT2D eigenvalue weighted by atomic mass is 16.5. The van der Waals surface area contributed by atoms with Crippen molar-refractivity contribution < 1.29 is 4.74 Å². The van der Waals surface area contributed by atoms with Gasteiger partial charge in [0.15, 0.2) is 0 Å². The SMILES string of the molecule is CCOC1C=CC(C)CC1. The molecule has 0 bridgehead atoms. The van der Waals surface area contributed by atoms with E-state index < -0.39 is 0 Å². The maximum Gasteiger partial charge on any atom is 0.0755 e. The summed E-state index contributed by atoms with van der Waals surface area (Å²) >= 11 is 0. The lowest BCUT2D eigenvalue weighted by molar-refractivity contribution is 0.0824. The van der Waals surface area contributed by atoms with Crippen LogP contribution in [0.5, 0.6) is 0 Å². The molecule has 0 heterocycles. The van der Waals surface area contributed by atoms with Crippen molar-refractivity contribution in [3.05, 3.63) is 12.2 Å². The normalized spacial score (nSPS) is 32.6. The highest BCUT2D eigenvalue weighted by Crippen LogP contribution is 2.18. The molecule has 1 rings (SSSR count). The molecule has 0 amide bonds. The Hall–Kier alpha value is -0.300. The first-order valence-corrected chi connectivity index (χ1v) is 4.13. The van der Waals surface area contributed by atoms with Gasteiger partial charge >= 0.3 is 0 Å². The first-order valence-electron chi connectivity index (χ1n) is 4.13. The molecule has 0 saturated heterocycles. The molecule has 0 fully saturated rings. The highest BCUT2D eigenvalue weighted by molar-refractivity contribution is 4.97. The Bertz CT molecular complexity index is 118. The fraction of sp³-hybridized carbons (Fsp3) is 0.778. The summed E-state index contributed by atoms with van der Waals surface area (Å²) in [6.45, 7) is 5.13. The van der Waals surface area contributed by atoms with Gasteiger partial charge in [0.2, 0.25) is 0 Å². The maximum absolute atomic E-state index is 5.44. The molecule has 1 heteroatoms. The molecule has 10 heavy (non-hydrogen) atoms. The van der Waals surface area contributed by atoms with Crippen LogP contribution in [0.3, 0.4) is 0 Å². The van der Waals surface area contributed by atoms with Gasteiger partial charge in [0, 0.05) is 6.61 Å². The van der Waals surface area contributed by atoms with E-state index in [9.17, 15) is 0 Å². The van der Waals surface area contributed by atoms with Gasteiger partial charge < -0.3 is 4.74 Å². The third kappa shape index (κ3) is 2.14. The van der Waals surface area contributed by atoms with E-state index in [1.165, 1.54) is 12.8 Å². The smallest absolute Gasteiger partial charge is 0.0755 e. The van der Waals surface area contributed by atoms with Crippen LogP contribution in [0.15, 0.2) is 12.2 Å². The van der Waals surface area contributed by atoms with Crippen LogP contribution >= 0.6 is 0 Å². The predicted molar refractivity (Wildman–Crippen MR) is 43.0 cm³/mol. The Morgan fingerprint density at radius 1 is 1.40 bits per heavy atom. The molecule has 2 atom stereocenters. The van der Waals surface area contributed by atoms with E-state index in [-0.39, 0.29) is 0 Å². The fourth-order valence-corrected chi connectivity index (χ4v) is 1.29. The molecule has 2 unspecified atom stereocenters. The highest BCUT2D eigenvalue weighted by Gasteiger charge is 2.11. The zero-order chi connectivity index (χ0) is 7.40. The van der Waals surface area contributed by atoms with E-state index in [4.69, 9.17) is 4.74 Å². The lowest BCUT2D eigenvalue weighted by atomic mass is 9.96. The molecule has 1 aliphatic rings. The Labute approximate surface area is 63.1 Å². The Balaban J connectivity index is 2.30. The van der Waals surface area contributed by atoms with Crippen molar-refractivity contribution in [2.45, 2.75) is 32.8 Å². The van der Waals surface area contributed by atoms with Gasteiger partial charge in [-0.1, -0.05) is 19.1 Å². The molecular formula is C9H16O. The van der Waals surface area contributed by atoms with Gasteiger partial charge in [-0.05, 0) is 25.7 Å². The molecule has 0 aromatic carbocycles. The molecule has 0 aromatic rings. The van der Waals surface area contributed by atoms with E-state index in [1.54, 1.807) is 0 Å². The number of allylic oxidation sites excluding steroid dienone is 1. The number of ether oxygens (including phenoxy) is 1. The summed E-state index contributed by atoms with van der Waals surface area (Å²) in [6.07, 6.45) is 7.33. The third-order valence-electron chi connectivity index (χ3n) is 1.94. The van der Waals surface area contributed by atoms with Crippen LogP contribution < -0.4 is 0 Å². The van der Waals surface area contributed by atoms with E-state index in [1.807, 2.05) is 6.92 Å². The summed E-state index contributed by atoms with van der Waals surface area (Å²) in [5, 5.41) is 0. The van der Waals surface area contributed by atoms with Crippen molar-refractivity contribution in [3.8, 4) is 0 Å². The minimum absolute atomic E-state index is 0.404. The molecule has 0 spiro atoms. The first kappa shape index (κ1) is 7.80. The zero-order valence-electron chi connectivity index (χ0n) is 6.84. The Morgan fingerprint density at radius 3 is 2.70 bits per heavy atom. The summed E-state index contributed by atoms with van der Waals surface area (Å²) in [5.74, 6) is 0.761. The first-order chi connectivity index (χ1) is 4.83. The standard InChI is InChI=1S/C9H16O/c1-3-10-9-6-4-8(2)5-7-9/h4,6,8-9H,3,5,7H2,1-2H3. The topological polar surface area (TPSA) is 9.23 Å². The molecule has 1 aliphatic carbocycles. The van der Waals surface area contributed by atoms with Crippen LogP contribution in [-0.4, -0.2) is 12.7 Å². The number of hydrogen-bond acceptors (Lipinski definition) is 1. The molecule has 0 saturated carbocycles. The fourth-order valence-electron chi connectivity index (χ4n) is 1.29. The number of hydrogen-bond donors (Lipinski definition) is 0. The van der Waals surface area contributed by atoms with E-state index in [0.717, 1.165) is 12.5 Å². The summed E-state index contributed by atoms with van der Waals surface area (Å²) in [7, 11) is 0. The van der Waals surface area contributed by atoms with E-state index >= 15 is 0 Å². The third-order valence-corrected chi connectivity index (χ3v) is 1.94. The minimum atomic E-state index is 0.404. The molecule has 0 N–H and O–H groups in total. The van der Waals surface area contributed by atoms with Gasteiger partial charge in [-0.3, -0.25) is 0 Å². The number of rotatable bonds is 2. The second-order valence-electron chi connectivity index (χ2n) is 2.93. The van der Waals surface area contributed by atoms with Crippen LogP contribution in [0, 0.1) is 5.92 Å². The van der Waals surface area contributed by atoms with Crippen molar-refractivity contribution >= 4 is 0 Å². The molecule has 0 aromatic heterocycles. The monoisotopic (exact) mass is 140 g/mol. The van der Waals surface area contributed by atoms with Crippen molar-refractivity contribution in [1.29, 1.82) is 0 Å². The molecule has 58 valence electrons. The van der Waals surface area contributed by atoms with Crippen LogP contribution in [-0.2, 0) is 4.74 Å². The summed E-state index contributed by atoms with van der Waals surface area (Å²) in [5.41, 5.74) is 0. The van der Waals surface area contributed by atoms with Crippen LogP contribution in [0.2, 0.25) is 0 Å². The second kappa shape index (κ2) is 3.77. The Morgan fingerprint density at radius 2 is 2.20 bits per heavy atom. The van der Waals surface area contributed by atoms with Crippen molar-refractivity contribution in [2.75, 3.05) is 6.61 Å². The van der Waals surface area contributed by atoms with Crippen LogP contribution in [0.4, 0.5) is 0 Å². The quantitative estimate of drug-likeness (QED) is 0.535. The summed E-state index contributed by atoms with van der Waals surface area (Å²) < 4.78 is 5.44. The second-order valence-corrected chi connectivity index (χ2v) is 2.93. The average molecular weight is 140 g/mol. The van der Waals surface area contributed by atoms with Crippen LogP contribution in [0.1, 0.15) is 26.7 Å². The van der Waals surface area contributed by atoms with Crippen molar-refractivity contribution in [2.24, 2.45) is 5.92 Å².